The number of nitrogens with zero attached hydrogens (tertiary/aromatic N) is 2. The van der Waals surface area contributed by atoms with Crippen LogP contribution in [0.5, 0.6) is 5.75 Å². The molecule has 0 bridgehead atoms. The lowest BCUT2D eigenvalue weighted by molar-refractivity contribution is -0.113. The van der Waals surface area contributed by atoms with Gasteiger partial charge in [-0.15, -0.1) is 0 Å². The van der Waals surface area contributed by atoms with E-state index in [4.69, 9.17) is 0 Å². The first-order chi connectivity index (χ1) is 11.4. The largest absolute Gasteiger partial charge is 0.505 e. The van der Waals surface area contributed by atoms with Crippen LogP contribution >= 0.6 is 34.4 Å². The highest BCUT2D eigenvalue weighted by molar-refractivity contribution is 14.1. The van der Waals surface area contributed by atoms with E-state index >= 15 is 0 Å². The molecule has 0 saturated carbocycles. The molecular weight excluding hydrogens is 446 g/mol. The molecule has 6 nitrogen and oxygen atoms in total. The summed E-state index contributed by atoms with van der Waals surface area (Å²) in [7, 11) is 0. The molecule has 124 valence electrons. The third kappa shape index (κ3) is 3.61. The van der Waals surface area contributed by atoms with Gasteiger partial charge in [0, 0.05) is 17.3 Å². The molecule has 0 radical (unpaired) electrons. The summed E-state index contributed by atoms with van der Waals surface area (Å²) in [6, 6.07) is 3.64. The number of phenols is 1. The number of phenolic OH excluding ortho intramolecular Hbond substituents is 1. The third-order valence-corrected chi connectivity index (χ3v) is 5.23. The lowest BCUT2D eigenvalue weighted by atomic mass is 10.3. The van der Waals surface area contributed by atoms with Crippen LogP contribution in [-0.4, -0.2) is 31.7 Å². The van der Waals surface area contributed by atoms with Crippen molar-refractivity contribution in [3.63, 3.8) is 0 Å². The van der Waals surface area contributed by atoms with Gasteiger partial charge in [0.15, 0.2) is 16.7 Å². The Bertz CT molecular complexity index is 931. The number of imidazole rings is 1. The maximum Gasteiger partial charge on any atom is 0.234 e. The van der Waals surface area contributed by atoms with Gasteiger partial charge in [-0.05, 0) is 41.6 Å². The molecule has 0 aliphatic rings. The molecule has 0 spiro atoms. The van der Waals surface area contributed by atoms with Crippen molar-refractivity contribution in [2.24, 2.45) is 0 Å². The maximum atomic E-state index is 13.0. The topological polar surface area (TPSA) is 90.9 Å². The number of aromatic nitrogens is 3. The van der Waals surface area contributed by atoms with Crippen molar-refractivity contribution < 1.29 is 14.3 Å². The molecule has 0 unspecified atom stereocenters. The number of amides is 1. The molecular formula is C15H12FIN4O2S. The zero-order chi connectivity index (χ0) is 17.3. The number of anilines is 1. The molecule has 3 rings (SSSR count). The van der Waals surface area contributed by atoms with E-state index in [1.54, 1.807) is 6.20 Å². The van der Waals surface area contributed by atoms with Crippen LogP contribution in [0.3, 0.4) is 0 Å². The number of fused-ring (bicyclic) bond motifs is 1. The number of carbonyl (C=O) groups is 1. The number of hydrogen-bond acceptors (Lipinski definition) is 5. The average Bonchev–Trinajstić information content (AvgIpc) is 2.97. The van der Waals surface area contributed by atoms with Gasteiger partial charge in [0.2, 0.25) is 5.91 Å². The molecule has 0 saturated heterocycles. The fraction of sp³-hybridized carbons (Fsp3) is 0.133. The number of thioether (sulfide) groups is 1. The number of aromatic amines is 1. The minimum atomic E-state index is -0.733. The van der Waals surface area contributed by atoms with E-state index in [1.165, 1.54) is 17.8 Å². The molecule has 0 atom stereocenters. The zero-order valence-electron chi connectivity index (χ0n) is 12.4. The molecule has 0 fully saturated rings. The summed E-state index contributed by atoms with van der Waals surface area (Å²) in [5, 5.41) is 12.5. The van der Waals surface area contributed by atoms with Crippen LogP contribution in [0.15, 0.2) is 29.6 Å². The summed E-state index contributed by atoms with van der Waals surface area (Å²) in [4.78, 5) is 23.8. The summed E-state index contributed by atoms with van der Waals surface area (Å²) in [6.45, 7) is 1.96. The first-order valence-corrected chi connectivity index (χ1v) is 8.92. The predicted octanol–water partition coefficient (Wildman–Crippen LogP) is 3.45. The molecule has 1 aromatic carbocycles. The van der Waals surface area contributed by atoms with Crippen LogP contribution in [0, 0.1) is 16.4 Å². The van der Waals surface area contributed by atoms with E-state index in [2.05, 4.69) is 42.9 Å². The normalized spacial score (nSPS) is 11.0. The van der Waals surface area contributed by atoms with Crippen LogP contribution in [0.1, 0.15) is 5.56 Å². The Labute approximate surface area is 154 Å². The Morgan fingerprint density at radius 1 is 1.50 bits per heavy atom. The van der Waals surface area contributed by atoms with E-state index in [0.29, 0.717) is 10.8 Å². The minimum Gasteiger partial charge on any atom is -0.505 e. The van der Waals surface area contributed by atoms with Crippen molar-refractivity contribution in [1.82, 2.24) is 15.0 Å². The van der Waals surface area contributed by atoms with Gasteiger partial charge in [0.05, 0.1) is 17.5 Å². The van der Waals surface area contributed by atoms with Gasteiger partial charge in [-0.2, -0.15) is 0 Å². The van der Waals surface area contributed by atoms with Gasteiger partial charge >= 0.3 is 0 Å². The van der Waals surface area contributed by atoms with Gasteiger partial charge in [0.25, 0.3) is 0 Å². The maximum absolute atomic E-state index is 13.0. The van der Waals surface area contributed by atoms with E-state index in [-0.39, 0.29) is 11.7 Å². The summed E-state index contributed by atoms with van der Waals surface area (Å²) < 4.78 is 13.9. The SMILES string of the molecule is Cc1c(I)ncc2nc(SCC(=O)Nc3ccc(F)c(O)c3)[nH]c12. The molecule has 9 heteroatoms. The Morgan fingerprint density at radius 2 is 2.29 bits per heavy atom. The third-order valence-electron chi connectivity index (χ3n) is 3.26. The van der Waals surface area contributed by atoms with Gasteiger partial charge in [-0.3, -0.25) is 4.79 Å². The second-order valence-electron chi connectivity index (χ2n) is 4.98. The van der Waals surface area contributed by atoms with Crippen LogP contribution in [0.4, 0.5) is 10.1 Å². The fourth-order valence-corrected chi connectivity index (χ4v) is 3.14. The molecule has 24 heavy (non-hydrogen) atoms. The first kappa shape index (κ1) is 17.0. The number of carbonyl (C=O) groups excluding carboxylic acids is 1. The Hall–Kier alpha value is -1.88. The monoisotopic (exact) mass is 458 g/mol. The fourth-order valence-electron chi connectivity index (χ4n) is 2.05. The number of hydrogen-bond donors (Lipinski definition) is 3. The second kappa shape index (κ2) is 6.93. The Morgan fingerprint density at radius 3 is 3.04 bits per heavy atom. The quantitative estimate of drug-likeness (QED) is 0.317. The van der Waals surface area contributed by atoms with Gasteiger partial charge in [-0.1, -0.05) is 11.8 Å². The Kier molecular flexibility index (Phi) is 4.90. The average molecular weight is 458 g/mol. The van der Waals surface area contributed by atoms with Crippen molar-refractivity contribution in [3.05, 3.63) is 39.5 Å². The van der Waals surface area contributed by atoms with E-state index in [0.717, 1.165) is 32.4 Å². The minimum absolute atomic E-state index is 0.127. The van der Waals surface area contributed by atoms with Crippen molar-refractivity contribution in [1.29, 1.82) is 0 Å². The summed E-state index contributed by atoms with van der Waals surface area (Å²) in [6.07, 6.45) is 1.69. The highest BCUT2D eigenvalue weighted by Crippen LogP contribution is 2.24. The van der Waals surface area contributed by atoms with Gasteiger partial charge in [-0.25, -0.2) is 14.4 Å². The molecule has 0 aliphatic heterocycles. The molecule has 3 aromatic rings. The number of benzene rings is 1. The van der Waals surface area contributed by atoms with Crippen LogP contribution in [0.25, 0.3) is 11.0 Å². The lowest BCUT2D eigenvalue weighted by Gasteiger charge is -2.05. The van der Waals surface area contributed by atoms with Crippen LogP contribution in [-0.2, 0) is 4.79 Å². The number of H-pyrrole nitrogens is 1. The molecule has 3 N–H and O–H groups in total. The van der Waals surface area contributed by atoms with Crippen molar-refractivity contribution in [2.75, 3.05) is 11.1 Å². The summed E-state index contributed by atoms with van der Waals surface area (Å²) in [5.41, 5.74) is 3.00. The predicted molar refractivity (Wildman–Crippen MR) is 98.8 cm³/mol. The summed E-state index contributed by atoms with van der Waals surface area (Å²) in [5.74, 6) is -1.39. The lowest BCUT2D eigenvalue weighted by Crippen LogP contribution is -2.14. The van der Waals surface area contributed by atoms with Crippen LogP contribution in [0.2, 0.25) is 0 Å². The molecule has 2 heterocycles. The highest BCUT2D eigenvalue weighted by atomic mass is 127. The molecule has 0 aliphatic carbocycles. The smallest absolute Gasteiger partial charge is 0.234 e. The number of nitrogens with one attached hydrogen (secondary N) is 2. The second-order valence-corrected chi connectivity index (χ2v) is 6.97. The van der Waals surface area contributed by atoms with E-state index < -0.39 is 11.6 Å². The summed E-state index contributed by atoms with van der Waals surface area (Å²) >= 11 is 3.40. The molecule has 2 aromatic heterocycles. The first-order valence-electron chi connectivity index (χ1n) is 6.86. The number of pyridine rings is 1. The number of aromatic hydroxyl groups is 1. The zero-order valence-corrected chi connectivity index (χ0v) is 15.4. The Balaban J connectivity index is 1.65. The number of rotatable bonds is 4. The highest BCUT2D eigenvalue weighted by Gasteiger charge is 2.11. The van der Waals surface area contributed by atoms with Gasteiger partial charge in [0.1, 0.15) is 9.22 Å². The van der Waals surface area contributed by atoms with E-state index in [1.807, 2.05) is 6.92 Å². The number of aryl methyl sites for hydroxylation is 1. The van der Waals surface area contributed by atoms with Crippen LogP contribution < -0.4 is 5.32 Å². The van der Waals surface area contributed by atoms with Crippen molar-refractivity contribution in [3.8, 4) is 5.75 Å². The van der Waals surface area contributed by atoms with E-state index in [9.17, 15) is 14.3 Å². The van der Waals surface area contributed by atoms with Gasteiger partial charge < -0.3 is 15.4 Å². The molecule has 1 amide bonds. The standard InChI is InChI=1S/C15H12FIN4O2S/c1-7-13-10(5-18-14(7)17)20-15(21-13)24-6-12(23)19-8-2-3-9(16)11(22)4-8/h2-5,22H,6H2,1H3,(H,19,23)(H,20,21). The van der Waals surface area contributed by atoms with Crippen molar-refractivity contribution in [2.45, 2.75) is 12.1 Å². The van der Waals surface area contributed by atoms with Crippen molar-refractivity contribution >= 4 is 57.0 Å². The number of halogens is 2.